The summed E-state index contributed by atoms with van der Waals surface area (Å²) in [5.41, 5.74) is 0.275. The van der Waals surface area contributed by atoms with Gasteiger partial charge in [0.05, 0.1) is 0 Å². The van der Waals surface area contributed by atoms with Crippen molar-refractivity contribution in [3.8, 4) is 0 Å². The van der Waals surface area contributed by atoms with E-state index in [2.05, 4.69) is 4.98 Å². The van der Waals surface area contributed by atoms with Gasteiger partial charge in [-0.05, 0) is 24.3 Å². The van der Waals surface area contributed by atoms with E-state index in [-0.39, 0.29) is 17.6 Å². The number of carbonyl (C=O) groups is 2. The monoisotopic (exact) mass is 266 g/mol. The fourth-order valence-electron chi connectivity index (χ4n) is 1.88. The van der Waals surface area contributed by atoms with Crippen molar-refractivity contribution in [2.75, 3.05) is 18.6 Å². The number of nitrogens with zero attached hydrogens (tertiary/aromatic N) is 2. The minimum absolute atomic E-state index is 0.102. The number of carboxylic acids is 1. The van der Waals surface area contributed by atoms with Gasteiger partial charge < -0.3 is 10.0 Å². The molecule has 1 fully saturated rings. The highest BCUT2D eigenvalue weighted by molar-refractivity contribution is 7.99. The van der Waals surface area contributed by atoms with Gasteiger partial charge in [0.15, 0.2) is 0 Å². The number of thioether (sulfide) groups is 1. The van der Waals surface area contributed by atoms with Crippen LogP contribution in [0, 0.1) is 0 Å². The lowest BCUT2D eigenvalue weighted by Crippen LogP contribution is -2.37. The van der Waals surface area contributed by atoms with Crippen LogP contribution in [0.4, 0.5) is 0 Å². The summed E-state index contributed by atoms with van der Waals surface area (Å²) < 4.78 is 0. The van der Waals surface area contributed by atoms with Crippen molar-refractivity contribution in [1.29, 1.82) is 0 Å². The van der Waals surface area contributed by atoms with Crippen LogP contribution < -0.4 is 0 Å². The number of amides is 1. The van der Waals surface area contributed by atoms with Gasteiger partial charge in [0.1, 0.15) is 5.69 Å². The summed E-state index contributed by atoms with van der Waals surface area (Å²) >= 11 is 1.83. The summed E-state index contributed by atoms with van der Waals surface area (Å²) in [5.74, 6) is 0.745. The molecule has 0 aromatic carbocycles. The molecule has 1 aliphatic rings. The van der Waals surface area contributed by atoms with Crippen LogP contribution >= 0.6 is 11.8 Å². The van der Waals surface area contributed by atoms with Crippen LogP contribution in [0.5, 0.6) is 0 Å². The fraction of sp³-hybridized carbons (Fsp3) is 0.417. The Morgan fingerprint density at radius 3 is 2.94 bits per heavy atom. The lowest BCUT2D eigenvalue weighted by atomic mass is 10.1. The van der Waals surface area contributed by atoms with Gasteiger partial charge in [0.2, 0.25) is 0 Å². The maximum Gasteiger partial charge on any atom is 0.354 e. The third kappa shape index (κ3) is 2.64. The molecule has 0 bridgehead atoms. The average Bonchev–Trinajstić information content (AvgIpc) is 2.91. The van der Waals surface area contributed by atoms with Gasteiger partial charge in [-0.1, -0.05) is 0 Å². The second-order valence-corrected chi connectivity index (χ2v) is 5.32. The fourth-order valence-corrected chi connectivity index (χ4v) is 3.15. The molecule has 0 spiro atoms. The van der Waals surface area contributed by atoms with Gasteiger partial charge in [0.25, 0.3) is 5.91 Å². The van der Waals surface area contributed by atoms with Gasteiger partial charge in [0, 0.05) is 30.6 Å². The van der Waals surface area contributed by atoms with Crippen LogP contribution in [0.3, 0.4) is 0 Å². The highest BCUT2D eigenvalue weighted by atomic mass is 32.2. The Bertz CT molecular complexity index is 472. The van der Waals surface area contributed by atoms with E-state index in [0.717, 1.165) is 17.9 Å². The van der Waals surface area contributed by atoms with Crippen molar-refractivity contribution in [2.24, 2.45) is 0 Å². The predicted molar refractivity (Wildman–Crippen MR) is 69.0 cm³/mol. The normalized spacial score (nSPS) is 18.6. The molecule has 1 aliphatic heterocycles. The van der Waals surface area contributed by atoms with E-state index in [1.54, 1.807) is 18.0 Å². The van der Waals surface area contributed by atoms with E-state index in [4.69, 9.17) is 5.11 Å². The van der Waals surface area contributed by atoms with Crippen LogP contribution in [0.15, 0.2) is 18.3 Å². The first-order valence-corrected chi connectivity index (χ1v) is 6.79. The number of hydrogen-bond donors (Lipinski definition) is 1. The number of aromatic nitrogens is 1. The first-order valence-electron chi connectivity index (χ1n) is 5.64. The van der Waals surface area contributed by atoms with Crippen LogP contribution in [0.25, 0.3) is 0 Å². The molecule has 6 heteroatoms. The van der Waals surface area contributed by atoms with Crippen LogP contribution in [-0.4, -0.2) is 51.5 Å². The van der Waals surface area contributed by atoms with Crippen molar-refractivity contribution in [1.82, 2.24) is 9.88 Å². The summed E-state index contributed by atoms with van der Waals surface area (Å²) in [6.45, 7) is 0. The molecular formula is C12H14N2O3S. The molecule has 0 aliphatic carbocycles. The first kappa shape index (κ1) is 12.9. The van der Waals surface area contributed by atoms with E-state index in [9.17, 15) is 9.59 Å². The minimum Gasteiger partial charge on any atom is -0.477 e. The number of carboxylic acid groups (broad SMARTS) is 1. The second kappa shape index (κ2) is 5.39. The van der Waals surface area contributed by atoms with Crippen molar-refractivity contribution in [3.63, 3.8) is 0 Å². The zero-order valence-electron chi connectivity index (χ0n) is 10.00. The van der Waals surface area contributed by atoms with Crippen molar-refractivity contribution in [2.45, 2.75) is 12.5 Å². The molecule has 1 atom stereocenters. The van der Waals surface area contributed by atoms with Gasteiger partial charge in [-0.2, -0.15) is 11.8 Å². The molecule has 0 radical (unpaired) electrons. The Morgan fingerprint density at radius 2 is 2.33 bits per heavy atom. The number of pyridine rings is 1. The Kier molecular flexibility index (Phi) is 3.86. The van der Waals surface area contributed by atoms with Crippen LogP contribution in [-0.2, 0) is 0 Å². The summed E-state index contributed by atoms with van der Waals surface area (Å²) in [7, 11) is 1.76. The largest absolute Gasteiger partial charge is 0.477 e. The van der Waals surface area contributed by atoms with Gasteiger partial charge >= 0.3 is 5.97 Å². The minimum atomic E-state index is -1.12. The summed E-state index contributed by atoms with van der Waals surface area (Å²) in [5, 5.41) is 8.85. The second-order valence-electron chi connectivity index (χ2n) is 4.17. The number of rotatable bonds is 3. The lowest BCUT2D eigenvalue weighted by Gasteiger charge is -2.23. The smallest absolute Gasteiger partial charge is 0.354 e. The predicted octanol–water partition coefficient (Wildman–Crippen LogP) is 1.36. The average molecular weight is 266 g/mol. The summed E-state index contributed by atoms with van der Waals surface area (Å²) in [6, 6.07) is 3.11. The number of carbonyl (C=O) groups excluding carboxylic acids is 1. The maximum atomic E-state index is 12.2. The zero-order chi connectivity index (χ0) is 13.1. The molecule has 1 aromatic rings. The molecule has 2 rings (SSSR count). The third-order valence-electron chi connectivity index (χ3n) is 3.00. The molecule has 18 heavy (non-hydrogen) atoms. The zero-order valence-corrected chi connectivity index (χ0v) is 10.8. The Balaban J connectivity index is 2.17. The molecule has 1 amide bonds. The quantitative estimate of drug-likeness (QED) is 0.894. The standard InChI is InChI=1S/C12H14N2O3S/c1-14(9-3-5-18-7-9)11(15)8-2-4-13-10(6-8)12(16)17/h2,4,6,9H,3,5,7H2,1H3,(H,16,17). The summed E-state index contributed by atoms with van der Waals surface area (Å²) in [6.07, 6.45) is 2.34. The topological polar surface area (TPSA) is 70.5 Å². The molecule has 1 aromatic heterocycles. The lowest BCUT2D eigenvalue weighted by molar-refractivity contribution is 0.0690. The molecule has 1 N–H and O–H groups in total. The third-order valence-corrected chi connectivity index (χ3v) is 4.14. The van der Waals surface area contributed by atoms with E-state index < -0.39 is 5.97 Å². The van der Waals surface area contributed by atoms with E-state index in [0.29, 0.717) is 5.56 Å². The first-order chi connectivity index (χ1) is 8.59. The highest BCUT2D eigenvalue weighted by Gasteiger charge is 2.25. The highest BCUT2D eigenvalue weighted by Crippen LogP contribution is 2.22. The van der Waals surface area contributed by atoms with Crippen LogP contribution in [0.2, 0.25) is 0 Å². The molecule has 2 heterocycles. The van der Waals surface area contributed by atoms with Crippen molar-refractivity contribution < 1.29 is 14.7 Å². The maximum absolute atomic E-state index is 12.2. The van der Waals surface area contributed by atoms with E-state index >= 15 is 0 Å². The Morgan fingerprint density at radius 1 is 1.56 bits per heavy atom. The van der Waals surface area contributed by atoms with E-state index in [1.807, 2.05) is 11.8 Å². The van der Waals surface area contributed by atoms with Crippen molar-refractivity contribution in [3.05, 3.63) is 29.6 Å². The van der Waals surface area contributed by atoms with Crippen molar-refractivity contribution >= 4 is 23.6 Å². The molecule has 5 nitrogen and oxygen atoms in total. The Hall–Kier alpha value is -1.56. The van der Waals surface area contributed by atoms with E-state index in [1.165, 1.54) is 12.3 Å². The van der Waals surface area contributed by atoms with Crippen LogP contribution in [0.1, 0.15) is 27.3 Å². The van der Waals surface area contributed by atoms with Gasteiger partial charge in [-0.3, -0.25) is 4.79 Å². The van der Waals surface area contributed by atoms with Gasteiger partial charge in [-0.15, -0.1) is 0 Å². The molecule has 0 saturated carbocycles. The Labute approximate surface area is 109 Å². The number of aromatic carboxylic acids is 1. The molecular weight excluding hydrogens is 252 g/mol. The molecule has 1 saturated heterocycles. The molecule has 1 unspecified atom stereocenters. The number of hydrogen-bond acceptors (Lipinski definition) is 4. The molecule has 96 valence electrons. The van der Waals surface area contributed by atoms with Gasteiger partial charge in [-0.25, -0.2) is 9.78 Å². The SMILES string of the molecule is CN(C(=O)c1ccnc(C(=O)O)c1)C1CCSC1. The summed E-state index contributed by atoms with van der Waals surface area (Å²) in [4.78, 5) is 28.4.